The minimum atomic E-state index is -1.75. The fraction of sp³-hybridized carbons (Fsp3) is 0.524. The van der Waals surface area contributed by atoms with Crippen LogP contribution in [0.15, 0.2) is 23.3 Å². The number of rotatable bonds is 6. The van der Waals surface area contributed by atoms with Crippen LogP contribution in [0.1, 0.15) is 62.4 Å². The van der Waals surface area contributed by atoms with Crippen molar-refractivity contribution in [2.45, 2.75) is 71.2 Å². The summed E-state index contributed by atoms with van der Waals surface area (Å²) in [5.41, 5.74) is -0.424. The van der Waals surface area contributed by atoms with E-state index in [4.69, 9.17) is 4.74 Å². The van der Waals surface area contributed by atoms with Crippen molar-refractivity contribution >= 4 is 11.8 Å². The minimum Gasteiger partial charge on any atom is -0.508 e. The Morgan fingerprint density at radius 3 is 2.46 bits per heavy atom. The normalized spacial score (nSPS) is 24.9. The van der Waals surface area contributed by atoms with Gasteiger partial charge in [0.15, 0.2) is 6.10 Å². The summed E-state index contributed by atoms with van der Waals surface area (Å²) in [5.74, 6) is -1.52. The number of phenolic OH excluding ortho intramolecular Hbond substituents is 2. The maximum atomic E-state index is 12.7. The molecule has 0 radical (unpaired) electrons. The molecular weight excluding hydrogens is 364 g/mol. The molecule has 4 N–H and O–H groups in total. The Bertz CT molecular complexity index is 784. The van der Waals surface area contributed by atoms with Crippen molar-refractivity contribution in [3.63, 3.8) is 0 Å². The molecule has 0 saturated carbocycles. The van der Waals surface area contributed by atoms with E-state index in [0.29, 0.717) is 29.6 Å². The fourth-order valence-corrected chi connectivity index (χ4v) is 3.61. The van der Waals surface area contributed by atoms with Crippen molar-refractivity contribution in [2.75, 3.05) is 0 Å². The molecule has 0 unspecified atom stereocenters. The van der Waals surface area contributed by atoms with Crippen LogP contribution in [-0.2, 0) is 9.53 Å². The van der Waals surface area contributed by atoms with E-state index in [0.717, 1.165) is 6.07 Å². The molecule has 7 heteroatoms. The Labute approximate surface area is 164 Å². The molecule has 0 fully saturated rings. The van der Waals surface area contributed by atoms with Crippen LogP contribution < -0.4 is 0 Å². The number of ketones is 1. The Morgan fingerprint density at radius 1 is 1.25 bits per heavy atom. The number of benzene rings is 1. The highest BCUT2D eigenvalue weighted by Gasteiger charge is 2.47. The third kappa shape index (κ3) is 4.36. The lowest BCUT2D eigenvalue weighted by Gasteiger charge is -2.42. The summed E-state index contributed by atoms with van der Waals surface area (Å²) < 4.78 is 5.49. The van der Waals surface area contributed by atoms with Crippen molar-refractivity contribution in [1.82, 2.24) is 0 Å². The number of aryl methyl sites for hydroxylation is 1. The number of aliphatic hydroxyl groups is 2. The highest BCUT2D eigenvalue weighted by Crippen LogP contribution is 2.38. The van der Waals surface area contributed by atoms with Crippen LogP contribution in [0.4, 0.5) is 0 Å². The Hall–Kier alpha value is -2.38. The van der Waals surface area contributed by atoms with Gasteiger partial charge in [-0.05, 0) is 50.8 Å². The molecule has 154 valence electrons. The molecule has 0 spiro atoms. The molecule has 0 amide bonds. The number of esters is 1. The molecule has 0 saturated heterocycles. The van der Waals surface area contributed by atoms with Crippen LogP contribution in [-0.4, -0.2) is 50.0 Å². The highest BCUT2D eigenvalue weighted by atomic mass is 16.6. The molecular formula is C21H28O7. The van der Waals surface area contributed by atoms with E-state index in [2.05, 4.69) is 0 Å². The van der Waals surface area contributed by atoms with Gasteiger partial charge < -0.3 is 25.2 Å². The summed E-state index contributed by atoms with van der Waals surface area (Å²) in [6.45, 7) is 6.46. The number of carbonyl (C=O) groups excluding carboxylic acids is 2. The van der Waals surface area contributed by atoms with E-state index in [1.807, 2.05) is 6.92 Å². The lowest BCUT2D eigenvalue weighted by Crippen LogP contribution is -2.55. The lowest BCUT2D eigenvalue weighted by atomic mass is 9.76. The molecule has 1 aliphatic carbocycles. The number of Topliss-reactive ketones (excluding diaryl/α,β-unsaturated/α-hetero) is 1. The first kappa shape index (κ1) is 21.9. The van der Waals surface area contributed by atoms with Crippen LogP contribution in [0.25, 0.3) is 0 Å². The second-order valence-corrected chi connectivity index (χ2v) is 7.64. The van der Waals surface area contributed by atoms with Gasteiger partial charge in [0, 0.05) is 18.9 Å². The third-order valence-electron chi connectivity index (χ3n) is 5.26. The van der Waals surface area contributed by atoms with Gasteiger partial charge in [-0.3, -0.25) is 4.79 Å². The molecule has 1 aliphatic rings. The van der Waals surface area contributed by atoms with E-state index >= 15 is 0 Å². The van der Waals surface area contributed by atoms with E-state index in [1.165, 1.54) is 19.9 Å². The van der Waals surface area contributed by atoms with Crippen molar-refractivity contribution in [3.8, 4) is 11.5 Å². The van der Waals surface area contributed by atoms with Gasteiger partial charge in [-0.25, -0.2) is 4.79 Å². The van der Waals surface area contributed by atoms with E-state index in [1.54, 1.807) is 6.92 Å². The van der Waals surface area contributed by atoms with Gasteiger partial charge in [0.1, 0.15) is 28.4 Å². The van der Waals surface area contributed by atoms with Crippen LogP contribution in [0.3, 0.4) is 0 Å². The van der Waals surface area contributed by atoms with Crippen molar-refractivity contribution < 1.29 is 34.8 Å². The maximum Gasteiger partial charge on any atom is 0.342 e. The molecule has 1 aromatic rings. The SMILES string of the molecule is CCCC(=O)CC1=C(C)[C@H](OC(=O)c2c(C)cc(O)cc2O)[C@@](C)(O)[C@@H](O)C1. The van der Waals surface area contributed by atoms with Gasteiger partial charge in [-0.2, -0.15) is 0 Å². The predicted octanol–water partition coefficient (Wildman–Crippen LogP) is 2.52. The number of ether oxygens (including phenoxy) is 1. The summed E-state index contributed by atoms with van der Waals surface area (Å²) >= 11 is 0. The van der Waals surface area contributed by atoms with Gasteiger partial charge in [0.05, 0.1) is 6.10 Å². The second kappa shape index (κ2) is 8.32. The first-order chi connectivity index (χ1) is 13.0. The molecule has 0 bridgehead atoms. The van der Waals surface area contributed by atoms with E-state index in [-0.39, 0.29) is 29.9 Å². The smallest absolute Gasteiger partial charge is 0.342 e. The number of phenols is 2. The first-order valence-corrected chi connectivity index (χ1v) is 9.33. The molecule has 1 aromatic carbocycles. The molecule has 7 nitrogen and oxygen atoms in total. The van der Waals surface area contributed by atoms with Crippen LogP contribution in [0, 0.1) is 6.92 Å². The summed E-state index contributed by atoms with van der Waals surface area (Å²) in [7, 11) is 0. The number of hydrogen-bond acceptors (Lipinski definition) is 7. The molecule has 0 aromatic heterocycles. The zero-order valence-electron chi connectivity index (χ0n) is 16.7. The zero-order chi connectivity index (χ0) is 21.2. The van der Waals surface area contributed by atoms with Crippen LogP contribution in [0.5, 0.6) is 11.5 Å². The summed E-state index contributed by atoms with van der Waals surface area (Å²) in [6, 6.07) is 2.33. The largest absolute Gasteiger partial charge is 0.508 e. The summed E-state index contributed by atoms with van der Waals surface area (Å²) in [4.78, 5) is 24.7. The van der Waals surface area contributed by atoms with Gasteiger partial charge in [0.2, 0.25) is 0 Å². The molecule has 0 heterocycles. The quantitative estimate of drug-likeness (QED) is 0.433. The van der Waals surface area contributed by atoms with Gasteiger partial charge in [-0.1, -0.05) is 12.5 Å². The molecule has 28 heavy (non-hydrogen) atoms. The average molecular weight is 392 g/mol. The number of aromatic hydroxyl groups is 2. The maximum absolute atomic E-state index is 12.7. The van der Waals surface area contributed by atoms with Crippen molar-refractivity contribution in [2.24, 2.45) is 0 Å². The summed E-state index contributed by atoms with van der Waals surface area (Å²) in [5, 5.41) is 40.7. The first-order valence-electron chi connectivity index (χ1n) is 9.33. The number of carbonyl (C=O) groups is 2. The van der Waals surface area contributed by atoms with Gasteiger partial charge >= 0.3 is 5.97 Å². The van der Waals surface area contributed by atoms with Crippen molar-refractivity contribution in [1.29, 1.82) is 0 Å². The second-order valence-electron chi connectivity index (χ2n) is 7.64. The third-order valence-corrected chi connectivity index (χ3v) is 5.26. The monoisotopic (exact) mass is 392 g/mol. The van der Waals surface area contributed by atoms with Gasteiger partial charge in [0.25, 0.3) is 0 Å². The zero-order valence-corrected chi connectivity index (χ0v) is 16.7. The summed E-state index contributed by atoms with van der Waals surface area (Å²) in [6.07, 6.45) is -1.03. The fourth-order valence-electron chi connectivity index (χ4n) is 3.61. The van der Waals surface area contributed by atoms with E-state index in [9.17, 15) is 30.0 Å². The van der Waals surface area contributed by atoms with Gasteiger partial charge in [-0.15, -0.1) is 0 Å². The Kier molecular flexibility index (Phi) is 6.52. The number of aliphatic hydroxyl groups excluding tert-OH is 1. The average Bonchev–Trinajstić information content (AvgIpc) is 2.56. The van der Waals surface area contributed by atoms with Crippen LogP contribution in [0.2, 0.25) is 0 Å². The predicted molar refractivity (Wildman–Crippen MR) is 102 cm³/mol. The van der Waals surface area contributed by atoms with Crippen molar-refractivity contribution in [3.05, 3.63) is 34.4 Å². The standard InChI is InChI=1S/C21H28O7/c1-5-6-14(22)8-13-9-17(25)21(4,27)19(12(13)3)28-20(26)18-11(2)7-15(23)10-16(18)24/h7,10,17,19,23-25,27H,5-6,8-9H2,1-4H3/t17-,19-,21-/m0/s1. The van der Waals surface area contributed by atoms with Crippen LogP contribution >= 0.6 is 0 Å². The minimum absolute atomic E-state index is 0.0164. The Balaban J connectivity index is 2.37. The topological polar surface area (TPSA) is 124 Å². The number of hydrogen-bond donors (Lipinski definition) is 4. The lowest BCUT2D eigenvalue weighted by molar-refractivity contribution is -0.133. The molecule has 2 rings (SSSR count). The molecule has 0 aliphatic heterocycles. The van der Waals surface area contributed by atoms with E-state index < -0.39 is 29.5 Å². The molecule has 3 atom stereocenters. The Morgan fingerprint density at radius 2 is 1.89 bits per heavy atom. The highest BCUT2D eigenvalue weighted by molar-refractivity contribution is 5.94.